The van der Waals surface area contributed by atoms with Crippen molar-refractivity contribution in [3.63, 3.8) is 0 Å². The number of para-hydroxylation sites is 1. The number of carbonyl (C=O) groups excluding carboxylic acids is 1. The Morgan fingerprint density at radius 3 is 2.62 bits per heavy atom. The summed E-state index contributed by atoms with van der Waals surface area (Å²) in [5.74, 6) is -0.00371. The van der Waals surface area contributed by atoms with Gasteiger partial charge in [0.25, 0.3) is 0 Å². The summed E-state index contributed by atoms with van der Waals surface area (Å²) in [5.41, 5.74) is 0.817. The van der Waals surface area contributed by atoms with Gasteiger partial charge in [-0.3, -0.25) is 4.79 Å². The number of benzene rings is 1. The number of aliphatic hydroxyl groups is 1. The molecule has 1 rings (SSSR count). The first-order chi connectivity index (χ1) is 7.72. The molecule has 4 heteroatoms. The van der Waals surface area contributed by atoms with Gasteiger partial charge in [-0.2, -0.15) is 0 Å². The average molecular weight is 222 g/mol. The second kappa shape index (κ2) is 6.98. The molecule has 0 saturated heterocycles. The molecule has 0 aliphatic carbocycles. The molecular formula is C12H18N2O2. The van der Waals surface area contributed by atoms with Crippen molar-refractivity contribution in [2.24, 2.45) is 0 Å². The zero-order valence-electron chi connectivity index (χ0n) is 9.52. The van der Waals surface area contributed by atoms with Crippen LogP contribution in [0.1, 0.15) is 6.42 Å². The largest absolute Gasteiger partial charge is 0.395 e. The lowest BCUT2D eigenvalue weighted by Gasteiger charge is -2.14. The third-order valence-corrected chi connectivity index (χ3v) is 2.26. The van der Waals surface area contributed by atoms with Crippen LogP contribution in [0.4, 0.5) is 5.69 Å². The van der Waals surface area contributed by atoms with E-state index in [4.69, 9.17) is 5.11 Å². The highest BCUT2D eigenvalue weighted by atomic mass is 16.3. The number of hydrogen-bond acceptors (Lipinski definition) is 3. The monoisotopic (exact) mass is 222 g/mol. The first-order valence-electron chi connectivity index (χ1n) is 5.36. The standard InChI is InChI=1S/C12H18N2O2/c1-14(9-10-15)8-7-12(16)13-11-5-3-2-4-6-11/h2-6,15H,7-10H2,1H3,(H,13,16). The molecule has 2 N–H and O–H groups in total. The predicted octanol–water partition coefficient (Wildman–Crippen LogP) is 0.939. The van der Waals surface area contributed by atoms with Crippen molar-refractivity contribution >= 4 is 11.6 Å². The number of aliphatic hydroxyl groups excluding tert-OH is 1. The minimum absolute atomic E-state index is 0.00371. The van der Waals surface area contributed by atoms with Crippen LogP contribution in [0.15, 0.2) is 30.3 Å². The number of likely N-dealkylation sites (N-methyl/N-ethyl adjacent to an activating group) is 1. The van der Waals surface area contributed by atoms with Crippen LogP contribution in [0, 0.1) is 0 Å². The first kappa shape index (κ1) is 12.7. The Balaban J connectivity index is 2.26. The van der Waals surface area contributed by atoms with Crippen molar-refractivity contribution in [1.82, 2.24) is 4.90 Å². The van der Waals surface area contributed by atoms with E-state index in [0.717, 1.165) is 5.69 Å². The summed E-state index contributed by atoms with van der Waals surface area (Å²) in [4.78, 5) is 13.4. The summed E-state index contributed by atoms with van der Waals surface area (Å²) in [6.45, 7) is 1.37. The fourth-order valence-electron chi connectivity index (χ4n) is 1.32. The highest BCUT2D eigenvalue weighted by molar-refractivity contribution is 5.90. The van der Waals surface area contributed by atoms with E-state index in [1.165, 1.54) is 0 Å². The van der Waals surface area contributed by atoms with Gasteiger partial charge in [0.2, 0.25) is 5.91 Å². The maximum absolute atomic E-state index is 11.5. The van der Waals surface area contributed by atoms with Crippen LogP contribution in [0.2, 0.25) is 0 Å². The molecule has 0 heterocycles. The molecule has 0 fully saturated rings. The molecule has 4 nitrogen and oxygen atoms in total. The summed E-state index contributed by atoms with van der Waals surface area (Å²) >= 11 is 0. The van der Waals surface area contributed by atoms with Crippen molar-refractivity contribution in [2.45, 2.75) is 6.42 Å². The van der Waals surface area contributed by atoms with E-state index >= 15 is 0 Å². The quantitative estimate of drug-likeness (QED) is 0.753. The minimum Gasteiger partial charge on any atom is -0.395 e. The maximum atomic E-state index is 11.5. The molecule has 1 amide bonds. The molecule has 88 valence electrons. The molecule has 0 aliphatic rings. The lowest BCUT2D eigenvalue weighted by atomic mass is 10.3. The molecule has 0 aromatic heterocycles. The molecule has 1 aromatic carbocycles. The minimum atomic E-state index is -0.00371. The Bertz CT molecular complexity index is 314. The number of rotatable bonds is 6. The van der Waals surface area contributed by atoms with Gasteiger partial charge >= 0.3 is 0 Å². The second-order valence-corrected chi connectivity index (χ2v) is 3.69. The number of hydrogen-bond donors (Lipinski definition) is 2. The average Bonchev–Trinajstić information content (AvgIpc) is 2.28. The van der Waals surface area contributed by atoms with E-state index in [9.17, 15) is 4.79 Å². The lowest BCUT2D eigenvalue weighted by molar-refractivity contribution is -0.116. The Labute approximate surface area is 95.9 Å². The van der Waals surface area contributed by atoms with Gasteiger partial charge < -0.3 is 15.3 Å². The fraction of sp³-hybridized carbons (Fsp3) is 0.417. The Hall–Kier alpha value is -1.39. The van der Waals surface area contributed by atoms with E-state index in [0.29, 0.717) is 19.5 Å². The maximum Gasteiger partial charge on any atom is 0.225 e. The number of amides is 1. The van der Waals surface area contributed by atoms with Crippen LogP contribution in [0.5, 0.6) is 0 Å². The number of nitrogens with zero attached hydrogens (tertiary/aromatic N) is 1. The van der Waals surface area contributed by atoms with E-state index < -0.39 is 0 Å². The number of anilines is 1. The molecule has 0 saturated carbocycles. The van der Waals surface area contributed by atoms with E-state index in [1.807, 2.05) is 42.3 Å². The Morgan fingerprint density at radius 2 is 2.00 bits per heavy atom. The second-order valence-electron chi connectivity index (χ2n) is 3.69. The van der Waals surface area contributed by atoms with E-state index in [2.05, 4.69) is 5.32 Å². The van der Waals surface area contributed by atoms with Crippen LogP contribution in [0.25, 0.3) is 0 Å². The Kier molecular flexibility index (Phi) is 5.53. The van der Waals surface area contributed by atoms with Crippen LogP contribution >= 0.6 is 0 Å². The third kappa shape index (κ3) is 4.91. The van der Waals surface area contributed by atoms with Gasteiger partial charge in [-0.15, -0.1) is 0 Å². The highest BCUT2D eigenvalue weighted by Gasteiger charge is 2.04. The van der Waals surface area contributed by atoms with Crippen molar-refractivity contribution < 1.29 is 9.90 Å². The normalized spacial score (nSPS) is 10.4. The van der Waals surface area contributed by atoms with Crippen LogP contribution in [0.3, 0.4) is 0 Å². The van der Waals surface area contributed by atoms with Gasteiger partial charge in [-0.05, 0) is 19.2 Å². The number of carbonyl (C=O) groups is 1. The van der Waals surface area contributed by atoms with Crippen LogP contribution < -0.4 is 5.32 Å². The molecular weight excluding hydrogens is 204 g/mol. The van der Waals surface area contributed by atoms with Crippen molar-refractivity contribution in [3.05, 3.63) is 30.3 Å². The summed E-state index contributed by atoms with van der Waals surface area (Å²) < 4.78 is 0. The molecule has 0 unspecified atom stereocenters. The lowest BCUT2D eigenvalue weighted by Crippen LogP contribution is -2.26. The van der Waals surface area contributed by atoms with Crippen LogP contribution in [-0.4, -0.2) is 42.7 Å². The summed E-state index contributed by atoms with van der Waals surface area (Å²) in [6, 6.07) is 9.39. The van der Waals surface area contributed by atoms with E-state index in [1.54, 1.807) is 0 Å². The Morgan fingerprint density at radius 1 is 1.31 bits per heavy atom. The molecule has 0 atom stereocenters. The van der Waals surface area contributed by atoms with Crippen molar-refractivity contribution in [3.8, 4) is 0 Å². The smallest absolute Gasteiger partial charge is 0.225 e. The number of nitrogens with one attached hydrogen (secondary N) is 1. The first-order valence-corrected chi connectivity index (χ1v) is 5.36. The van der Waals surface area contributed by atoms with Gasteiger partial charge in [0.05, 0.1) is 6.61 Å². The van der Waals surface area contributed by atoms with Crippen LogP contribution in [-0.2, 0) is 4.79 Å². The van der Waals surface area contributed by atoms with Crippen molar-refractivity contribution in [2.75, 3.05) is 32.1 Å². The molecule has 0 radical (unpaired) electrons. The van der Waals surface area contributed by atoms with Gasteiger partial charge in [0, 0.05) is 25.2 Å². The molecule has 16 heavy (non-hydrogen) atoms. The topological polar surface area (TPSA) is 52.6 Å². The van der Waals surface area contributed by atoms with Crippen molar-refractivity contribution in [1.29, 1.82) is 0 Å². The van der Waals surface area contributed by atoms with Gasteiger partial charge in [-0.25, -0.2) is 0 Å². The molecule has 1 aromatic rings. The van der Waals surface area contributed by atoms with Gasteiger partial charge in [0.1, 0.15) is 0 Å². The zero-order chi connectivity index (χ0) is 11.8. The zero-order valence-corrected chi connectivity index (χ0v) is 9.52. The molecule has 0 bridgehead atoms. The SMILES string of the molecule is CN(CCO)CCC(=O)Nc1ccccc1. The van der Waals surface area contributed by atoms with E-state index in [-0.39, 0.29) is 12.5 Å². The molecule has 0 spiro atoms. The predicted molar refractivity (Wildman–Crippen MR) is 64.3 cm³/mol. The summed E-state index contributed by atoms with van der Waals surface area (Å²) in [7, 11) is 1.88. The summed E-state index contributed by atoms with van der Waals surface area (Å²) in [5, 5.41) is 11.5. The fourth-order valence-corrected chi connectivity index (χ4v) is 1.32. The summed E-state index contributed by atoms with van der Waals surface area (Å²) in [6.07, 6.45) is 0.436. The highest BCUT2D eigenvalue weighted by Crippen LogP contribution is 2.05. The third-order valence-electron chi connectivity index (χ3n) is 2.26. The van der Waals surface area contributed by atoms with Gasteiger partial charge in [-0.1, -0.05) is 18.2 Å². The molecule has 0 aliphatic heterocycles. The van der Waals surface area contributed by atoms with Gasteiger partial charge in [0.15, 0.2) is 0 Å².